The fourth-order valence-electron chi connectivity index (χ4n) is 1.44. The van der Waals surface area contributed by atoms with E-state index in [0.717, 1.165) is 5.56 Å². The van der Waals surface area contributed by atoms with E-state index in [1.54, 1.807) is 10.9 Å². The molecule has 0 aliphatic rings. The van der Waals surface area contributed by atoms with E-state index in [9.17, 15) is 0 Å². The van der Waals surface area contributed by atoms with E-state index in [0.29, 0.717) is 12.0 Å². The van der Waals surface area contributed by atoms with E-state index < -0.39 is 0 Å². The second-order valence-electron chi connectivity index (χ2n) is 4.87. The van der Waals surface area contributed by atoms with Gasteiger partial charge in [-0.15, -0.1) is 5.10 Å². The summed E-state index contributed by atoms with van der Waals surface area (Å²) in [6.07, 6.45) is 3.53. The molecular weight excluding hydrogens is 361 g/mol. The molecule has 0 amide bonds. The van der Waals surface area contributed by atoms with Crippen molar-refractivity contribution in [3.05, 3.63) is 47.8 Å². The average molecular weight is 393 g/mol. The third-order valence-electron chi connectivity index (χ3n) is 2.68. The number of benzene rings is 1. The van der Waals surface area contributed by atoms with Crippen LogP contribution >= 0.6 is 0 Å². The Morgan fingerprint density at radius 3 is 1.78 bits per heavy atom. The summed E-state index contributed by atoms with van der Waals surface area (Å²) in [6.45, 7) is 8.41. The quantitative estimate of drug-likeness (QED) is 0.682. The van der Waals surface area contributed by atoms with Crippen LogP contribution in [0.4, 0.5) is 0 Å². The fraction of sp³-hybridized carbons (Fsp3) is 0.500. The van der Waals surface area contributed by atoms with Crippen LogP contribution in [0.2, 0.25) is 0 Å². The monoisotopic (exact) mass is 393 g/mol. The predicted molar refractivity (Wildman–Crippen MR) is 95.8 cm³/mol. The molecule has 1 aromatic heterocycles. The molecule has 0 unspecified atom stereocenters. The molecule has 0 saturated heterocycles. The van der Waals surface area contributed by atoms with Crippen LogP contribution in [0.3, 0.4) is 0 Å². The summed E-state index contributed by atoms with van der Waals surface area (Å²) in [5, 5.41) is 16.0. The van der Waals surface area contributed by atoms with Crippen molar-refractivity contribution in [3.63, 3.8) is 0 Å². The van der Waals surface area contributed by atoms with E-state index in [2.05, 4.69) is 44.1 Å². The molecule has 0 aliphatic carbocycles. The summed E-state index contributed by atoms with van der Waals surface area (Å²) in [5.41, 5.74) is 2.01. The second-order valence-corrected chi connectivity index (χ2v) is 4.87. The third-order valence-corrected chi connectivity index (χ3v) is 2.68. The number of hydrogen-bond donors (Lipinski definition) is 0. The Bertz CT molecular complexity index is 511. The topological polar surface area (TPSA) is 54.5 Å². The molecule has 1 heterocycles. The fourth-order valence-corrected chi connectivity index (χ4v) is 1.44. The minimum atomic E-state index is 0. The first-order chi connectivity index (χ1) is 9.04. The van der Waals surface area contributed by atoms with Crippen LogP contribution < -0.4 is 0 Å². The van der Waals surface area contributed by atoms with Gasteiger partial charge in [-0.3, -0.25) is 4.68 Å². The summed E-state index contributed by atoms with van der Waals surface area (Å²) >= 11 is 0. The summed E-state index contributed by atoms with van der Waals surface area (Å²) in [4.78, 5) is 0. The van der Waals surface area contributed by atoms with Crippen molar-refractivity contribution in [1.82, 2.24) is 15.0 Å². The molecule has 0 spiro atoms. The third kappa shape index (κ3) is 11.2. The largest absolute Gasteiger partial charge is 0.250 e. The van der Waals surface area contributed by atoms with Gasteiger partial charge in [0.25, 0.3) is 0 Å². The SMILES string of the molecule is C.C.C.CC(C)c1ccc(C#N)cc1.CC(C)n1ccnn1.[Y]. The van der Waals surface area contributed by atoms with Gasteiger partial charge < -0.3 is 0 Å². The maximum absolute atomic E-state index is 8.52. The van der Waals surface area contributed by atoms with E-state index in [1.807, 2.05) is 30.5 Å². The van der Waals surface area contributed by atoms with Crippen molar-refractivity contribution in [2.75, 3.05) is 0 Å². The van der Waals surface area contributed by atoms with Crippen LogP contribution in [0.15, 0.2) is 36.7 Å². The van der Waals surface area contributed by atoms with E-state index in [-0.39, 0.29) is 55.0 Å². The first-order valence-electron chi connectivity index (χ1n) is 6.40. The number of rotatable bonds is 2. The molecule has 127 valence electrons. The Labute approximate surface area is 168 Å². The maximum Gasteiger partial charge on any atom is 0.0991 e. The van der Waals surface area contributed by atoms with Gasteiger partial charge in [0.05, 0.1) is 17.8 Å². The smallest absolute Gasteiger partial charge is 0.0991 e. The molecule has 1 aromatic carbocycles. The summed E-state index contributed by atoms with van der Waals surface area (Å²) in [5.74, 6) is 0.544. The molecule has 0 aliphatic heterocycles. The van der Waals surface area contributed by atoms with Gasteiger partial charge in [0, 0.05) is 44.9 Å². The van der Waals surface area contributed by atoms with Crippen LogP contribution in [0, 0.1) is 11.3 Å². The molecule has 0 bridgehead atoms. The second kappa shape index (κ2) is 15.8. The van der Waals surface area contributed by atoms with Gasteiger partial charge in [0.1, 0.15) is 0 Å². The first kappa shape index (κ1) is 29.9. The van der Waals surface area contributed by atoms with E-state index in [4.69, 9.17) is 5.26 Å². The van der Waals surface area contributed by atoms with Gasteiger partial charge in [-0.25, -0.2) is 0 Å². The number of nitrogens with zero attached hydrogens (tertiary/aromatic N) is 4. The molecule has 0 saturated carbocycles. The van der Waals surface area contributed by atoms with Crippen LogP contribution in [0.5, 0.6) is 0 Å². The zero-order valence-corrected chi connectivity index (χ0v) is 15.3. The zero-order valence-electron chi connectivity index (χ0n) is 12.5. The number of nitriles is 1. The molecule has 0 N–H and O–H groups in total. The van der Waals surface area contributed by atoms with Crippen molar-refractivity contribution in [3.8, 4) is 6.07 Å². The average Bonchev–Trinajstić information content (AvgIpc) is 2.93. The molecule has 2 aromatic rings. The van der Waals surface area contributed by atoms with Crippen LogP contribution in [-0.4, -0.2) is 15.0 Å². The Balaban J connectivity index is -0.000000138. The van der Waals surface area contributed by atoms with Gasteiger partial charge in [0.15, 0.2) is 0 Å². The van der Waals surface area contributed by atoms with Crippen molar-refractivity contribution in [2.24, 2.45) is 0 Å². The standard InChI is InChI=1S/C10H11N.C5H9N3.3CH4.Y/c1-8(2)10-5-3-9(7-11)4-6-10;1-5(2)8-4-3-6-7-8;;;;/h3-6,8H,1-2H3;3-5H,1-2H3;3*1H4;. The number of aromatic nitrogens is 3. The summed E-state index contributed by atoms with van der Waals surface area (Å²) in [6, 6.07) is 10.2. The van der Waals surface area contributed by atoms with Crippen LogP contribution in [-0.2, 0) is 32.7 Å². The van der Waals surface area contributed by atoms with Crippen molar-refractivity contribution in [1.29, 1.82) is 5.26 Å². The minimum Gasteiger partial charge on any atom is -0.250 e. The van der Waals surface area contributed by atoms with Gasteiger partial charge in [-0.2, -0.15) is 5.26 Å². The Morgan fingerprint density at radius 2 is 1.52 bits per heavy atom. The first-order valence-corrected chi connectivity index (χ1v) is 6.40. The Kier molecular flexibility index (Phi) is 20.6. The Morgan fingerprint density at radius 1 is 1.00 bits per heavy atom. The maximum atomic E-state index is 8.52. The van der Waals surface area contributed by atoms with Crippen LogP contribution in [0.25, 0.3) is 0 Å². The van der Waals surface area contributed by atoms with Crippen molar-refractivity contribution in [2.45, 2.75) is 61.9 Å². The molecule has 23 heavy (non-hydrogen) atoms. The van der Waals surface area contributed by atoms with Gasteiger partial charge in [-0.05, 0) is 37.5 Å². The van der Waals surface area contributed by atoms with Crippen molar-refractivity contribution < 1.29 is 32.7 Å². The predicted octanol–water partition coefficient (Wildman–Crippen LogP) is 5.45. The van der Waals surface area contributed by atoms with Crippen molar-refractivity contribution >= 4 is 0 Å². The van der Waals surface area contributed by atoms with E-state index in [1.165, 1.54) is 5.56 Å². The molecule has 5 heteroatoms. The molecule has 1 radical (unpaired) electrons. The van der Waals surface area contributed by atoms with Crippen LogP contribution in [0.1, 0.15) is 73.1 Å². The summed E-state index contributed by atoms with van der Waals surface area (Å²) < 4.78 is 1.81. The molecule has 0 atom stereocenters. The van der Waals surface area contributed by atoms with Gasteiger partial charge in [-0.1, -0.05) is 53.5 Å². The van der Waals surface area contributed by atoms with Gasteiger partial charge >= 0.3 is 0 Å². The van der Waals surface area contributed by atoms with E-state index >= 15 is 0 Å². The molecule has 2 rings (SSSR count). The number of hydrogen-bond acceptors (Lipinski definition) is 3. The molecular formula is C18H32N4Y. The molecule has 0 fully saturated rings. The Hall–Kier alpha value is -1.05. The summed E-state index contributed by atoms with van der Waals surface area (Å²) in [7, 11) is 0. The zero-order chi connectivity index (χ0) is 14.3. The normalized spacial score (nSPS) is 8.22. The molecule has 4 nitrogen and oxygen atoms in total. The minimum absolute atomic E-state index is 0. The van der Waals surface area contributed by atoms with Gasteiger partial charge in [0.2, 0.25) is 0 Å².